The van der Waals surface area contributed by atoms with Crippen molar-refractivity contribution in [3.8, 4) is 34.5 Å². The number of benzene rings is 4. The Morgan fingerprint density at radius 2 is 0.903 bits per heavy atom. The normalized spacial score (nSPS) is 12.5. The van der Waals surface area contributed by atoms with E-state index in [1.165, 1.54) is 0 Å². The zero-order chi connectivity index (χ0) is 46.1. The van der Waals surface area contributed by atoms with Crippen LogP contribution in [0.15, 0.2) is 48.5 Å². The number of ketones is 2. The van der Waals surface area contributed by atoms with Gasteiger partial charge in [0.2, 0.25) is 11.8 Å². The molecule has 4 aromatic carbocycles. The first-order valence-electron chi connectivity index (χ1n) is 18.2. The summed E-state index contributed by atoms with van der Waals surface area (Å²) in [6, 6.07) is 11.3. The highest BCUT2D eigenvalue weighted by molar-refractivity contribution is 14.1. The van der Waals surface area contributed by atoms with Gasteiger partial charge in [-0.3, -0.25) is 19.2 Å². The van der Waals surface area contributed by atoms with Crippen LogP contribution in [0, 0.1) is 34.0 Å². The molecule has 4 rings (SSSR count). The van der Waals surface area contributed by atoms with Crippen LogP contribution in [0.25, 0.3) is 0 Å². The third-order valence-corrected chi connectivity index (χ3v) is 15.5. The number of phenols is 2. The number of rotatable bonds is 23. The van der Waals surface area contributed by atoms with Crippen LogP contribution in [0.5, 0.6) is 34.5 Å². The standard InChI is InChI=1S/C40H38I8N4O10/c41-22-13-20(14-23(42)33(22)54)61-35-26(45)7-18(8-27(35)46)11-30(49)37(56)40(39(52)58,17-60-5-2-1-4-59-6-3-32(51)53)38(57)31(50)12-19-9-28(47)36(29(48)10-19)62-21-15-24(43)34(55)25(44)16-21/h7-10,13-16,30-31,54-55H,1-6,11-12,17,49-50H2,(H2,51,53)(H2,52,58)/t30-,31-/m0/s1. The Morgan fingerprint density at radius 3 is 1.24 bits per heavy atom. The molecule has 0 aliphatic rings. The average molecular weight is 1750 g/mol. The van der Waals surface area contributed by atoms with E-state index in [2.05, 4.69) is 90.4 Å². The van der Waals surface area contributed by atoms with Crippen LogP contribution >= 0.6 is 181 Å². The summed E-state index contributed by atoms with van der Waals surface area (Å²) < 4.78 is 29.0. The lowest BCUT2D eigenvalue weighted by atomic mass is 9.72. The van der Waals surface area contributed by atoms with E-state index in [1.807, 2.05) is 90.4 Å². The van der Waals surface area contributed by atoms with Crippen molar-refractivity contribution in [2.45, 2.75) is 44.2 Å². The highest BCUT2D eigenvalue weighted by Crippen LogP contribution is 2.39. The maximum Gasteiger partial charge on any atom is 0.241 e. The van der Waals surface area contributed by atoms with Crippen LogP contribution < -0.4 is 32.4 Å². The third kappa shape index (κ3) is 14.8. The summed E-state index contributed by atoms with van der Waals surface area (Å²) >= 11 is 16.6. The molecule has 0 radical (unpaired) electrons. The number of aromatic hydroxyl groups is 2. The molecule has 0 aliphatic heterocycles. The van der Waals surface area contributed by atoms with Crippen LogP contribution in [-0.2, 0) is 41.5 Å². The quantitative estimate of drug-likeness (QED) is 0.0233. The molecule has 22 heteroatoms. The summed E-state index contributed by atoms with van der Waals surface area (Å²) in [4.78, 5) is 53.6. The Bertz CT molecular complexity index is 2110. The molecule has 4 aromatic rings. The molecule has 0 saturated carbocycles. The molecule has 0 fully saturated rings. The number of primary amides is 2. The van der Waals surface area contributed by atoms with E-state index < -0.39 is 47.5 Å². The van der Waals surface area contributed by atoms with Crippen molar-refractivity contribution in [1.82, 2.24) is 0 Å². The molecule has 2 amide bonds. The molecule has 0 spiro atoms. The molecule has 2 atom stereocenters. The van der Waals surface area contributed by atoms with Gasteiger partial charge in [-0.15, -0.1) is 0 Å². The maximum absolute atomic E-state index is 14.5. The zero-order valence-electron chi connectivity index (χ0n) is 32.1. The lowest BCUT2D eigenvalue weighted by Gasteiger charge is -2.32. The minimum absolute atomic E-state index is 0.0488. The Labute approximate surface area is 467 Å². The number of hydrogen-bond donors (Lipinski definition) is 6. The summed E-state index contributed by atoms with van der Waals surface area (Å²) in [6.07, 6.45) is 0.932. The number of carbonyl (C=O) groups is 4. The molecule has 0 unspecified atom stereocenters. The summed E-state index contributed by atoms with van der Waals surface area (Å²) in [6.45, 7) is -0.138. The zero-order valence-corrected chi connectivity index (χ0v) is 49.4. The fourth-order valence-corrected chi connectivity index (χ4v) is 13.6. The van der Waals surface area contributed by atoms with Crippen LogP contribution in [0.4, 0.5) is 0 Å². The van der Waals surface area contributed by atoms with Crippen molar-refractivity contribution in [2.24, 2.45) is 28.3 Å². The van der Waals surface area contributed by atoms with Gasteiger partial charge in [-0.05, 0) is 266 Å². The Hall–Kier alpha value is 0.0400. The largest absolute Gasteiger partial charge is 0.506 e. The Morgan fingerprint density at radius 1 is 0.548 bits per heavy atom. The van der Waals surface area contributed by atoms with Gasteiger partial charge >= 0.3 is 0 Å². The molecule has 10 N–H and O–H groups in total. The van der Waals surface area contributed by atoms with Crippen LogP contribution in [0.3, 0.4) is 0 Å². The fourth-order valence-electron chi connectivity index (χ4n) is 5.91. The number of halogens is 8. The molecular formula is C40H38I8N4O10. The Kier molecular flexibility index (Phi) is 22.4. The number of phenolic OH excluding ortho intramolecular Hbond substituents is 2. The van der Waals surface area contributed by atoms with Gasteiger partial charge in [0.1, 0.15) is 23.0 Å². The molecule has 334 valence electrons. The van der Waals surface area contributed by atoms with Crippen LogP contribution in [0.1, 0.15) is 30.4 Å². The van der Waals surface area contributed by atoms with Crippen molar-refractivity contribution < 1.29 is 48.3 Å². The first-order chi connectivity index (χ1) is 29.2. The third-order valence-electron chi connectivity index (χ3n) is 9.02. The fraction of sp³-hybridized carbons (Fsp3) is 0.300. The van der Waals surface area contributed by atoms with Crippen molar-refractivity contribution in [3.63, 3.8) is 0 Å². The van der Waals surface area contributed by atoms with Gasteiger partial charge in [0, 0.05) is 19.6 Å². The van der Waals surface area contributed by atoms with E-state index in [0.29, 0.717) is 82.1 Å². The number of ether oxygens (including phenoxy) is 4. The van der Waals surface area contributed by atoms with Crippen molar-refractivity contribution in [2.75, 3.05) is 26.4 Å². The smallest absolute Gasteiger partial charge is 0.241 e. The molecule has 0 saturated heterocycles. The predicted molar refractivity (Wildman–Crippen MR) is 301 cm³/mol. The number of Topliss-reactive ketones (excluding diaryl/α,β-unsaturated/α-hetero) is 2. The van der Waals surface area contributed by atoms with Gasteiger partial charge in [0.25, 0.3) is 0 Å². The highest BCUT2D eigenvalue weighted by Gasteiger charge is 2.54. The van der Waals surface area contributed by atoms with E-state index in [0.717, 1.165) is 0 Å². The van der Waals surface area contributed by atoms with Crippen LogP contribution in [-0.4, -0.2) is 72.1 Å². The minimum atomic E-state index is -2.52. The first-order valence-corrected chi connectivity index (χ1v) is 26.8. The maximum atomic E-state index is 14.5. The number of unbranched alkanes of at least 4 members (excludes halogenated alkanes) is 1. The number of carbonyl (C=O) groups excluding carboxylic acids is 4. The highest BCUT2D eigenvalue weighted by atomic mass is 127. The van der Waals surface area contributed by atoms with E-state index in [-0.39, 0.29) is 44.0 Å². The second-order valence-corrected chi connectivity index (χ2v) is 23.0. The van der Waals surface area contributed by atoms with Crippen molar-refractivity contribution in [3.05, 3.63) is 88.2 Å². The first kappa shape index (κ1) is 54.6. The SMILES string of the molecule is NC(=O)CCOCCCCOCC(C(N)=O)(C(=O)[C@@H](N)Cc1cc(I)c(Oc2cc(I)c(O)c(I)c2)c(I)c1)C(=O)[C@@H](N)Cc1cc(I)c(Oc2cc(I)c(O)c(I)c2)c(I)c1. The molecular weight excluding hydrogens is 1710 g/mol. The second-order valence-electron chi connectivity index (χ2n) is 13.7. The lowest BCUT2D eigenvalue weighted by molar-refractivity contribution is -0.154. The Balaban J connectivity index is 1.58. The molecule has 0 aliphatic carbocycles. The summed E-state index contributed by atoms with van der Waals surface area (Å²) in [7, 11) is 0. The van der Waals surface area contributed by atoms with Gasteiger partial charge in [-0.1, -0.05) is 0 Å². The van der Waals surface area contributed by atoms with E-state index in [4.69, 9.17) is 41.9 Å². The van der Waals surface area contributed by atoms with Crippen LogP contribution in [0.2, 0.25) is 0 Å². The molecule has 14 nitrogen and oxygen atoms in total. The minimum Gasteiger partial charge on any atom is -0.506 e. The van der Waals surface area contributed by atoms with E-state index in [1.54, 1.807) is 48.5 Å². The second kappa shape index (κ2) is 25.4. The lowest BCUT2D eigenvalue weighted by Crippen LogP contribution is -2.62. The van der Waals surface area contributed by atoms with Gasteiger partial charge in [0.15, 0.2) is 28.5 Å². The molecule has 0 bridgehead atoms. The monoisotopic (exact) mass is 1750 g/mol. The van der Waals surface area contributed by atoms with Gasteiger partial charge in [-0.2, -0.15) is 0 Å². The topological polar surface area (TPSA) is 250 Å². The molecule has 62 heavy (non-hydrogen) atoms. The molecule has 0 aromatic heterocycles. The average Bonchev–Trinajstić information content (AvgIpc) is 3.18. The summed E-state index contributed by atoms with van der Waals surface area (Å²) in [5, 5.41) is 20.4. The van der Waals surface area contributed by atoms with Crippen molar-refractivity contribution >= 4 is 204 Å². The molecule has 0 heterocycles. The van der Waals surface area contributed by atoms with Gasteiger partial charge in [-0.25, -0.2) is 0 Å². The van der Waals surface area contributed by atoms with Gasteiger partial charge in [0.05, 0.1) is 53.9 Å². The number of hydrogen-bond acceptors (Lipinski definition) is 12. The van der Waals surface area contributed by atoms with E-state index in [9.17, 15) is 29.4 Å². The van der Waals surface area contributed by atoms with E-state index >= 15 is 0 Å². The summed E-state index contributed by atoms with van der Waals surface area (Å²) in [5.74, 6) is -1.07. The predicted octanol–water partition coefficient (Wildman–Crippen LogP) is 8.26. The van der Waals surface area contributed by atoms with Gasteiger partial charge < -0.3 is 52.1 Å². The number of nitrogens with two attached hydrogens (primary N) is 4. The number of amides is 2. The summed E-state index contributed by atoms with van der Waals surface area (Å²) in [5.41, 5.74) is 23.1. The van der Waals surface area contributed by atoms with Crippen molar-refractivity contribution in [1.29, 1.82) is 0 Å².